The lowest BCUT2D eigenvalue weighted by atomic mass is 10.0. The SMILES string of the molecule is CC1(CNC(CN)c2cncn2C2CC2)CCCO1. The molecule has 106 valence electrons. The second-order valence-electron chi connectivity index (χ2n) is 6.03. The molecule has 2 fully saturated rings. The fourth-order valence-corrected chi connectivity index (χ4v) is 2.87. The van der Waals surface area contributed by atoms with Gasteiger partial charge in [0, 0.05) is 31.9 Å². The molecule has 2 aliphatic rings. The quantitative estimate of drug-likeness (QED) is 0.814. The predicted molar refractivity (Wildman–Crippen MR) is 73.9 cm³/mol. The molecule has 19 heavy (non-hydrogen) atoms. The van der Waals surface area contributed by atoms with Crippen molar-refractivity contribution in [3.05, 3.63) is 18.2 Å². The molecule has 0 radical (unpaired) electrons. The Labute approximate surface area is 114 Å². The van der Waals surface area contributed by atoms with E-state index in [1.54, 1.807) is 0 Å². The molecule has 1 saturated heterocycles. The first kappa shape index (κ1) is 13.1. The van der Waals surface area contributed by atoms with Crippen molar-refractivity contribution < 1.29 is 4.74 Å². The van der Waals surface area contributed by atoms with Crippen molar-refractivity contribution in [1.29, 1.82) is 0 Å². The van der Waals surface area contributed by atoms with Crippen molar-refractivity contribution >= 4 is 0 Å². The van der Waals surface area contributed by atoms with Crippen LogP contribution in [0.2, 0.25) is 0 Å². The molecule has 0 bridgehead atoms. The summed E-state index contributed by atoms with van der Waals surface area (Å²) in [5.41, 5.74) is 7.12. The van der Waals surface area contributed by atoms with E-state index in [1.165, 1.54) is 18.5 Å². The first-order chi connectivity index (χ1) is 9.22. The van der Waals surface area contributed by atoms with Crippen molar-refractivity contribution in [2.45, 2.75) is 50.3 Å². The molecule has 2 atom stereocenters. The summed E-state index contributed by atoms with van der Waals surface area (Å²) in [7, 11) is 0. The molecular formula is C14H24N4O. The minimum Gasteiger partial charge on any atom is -0.374 e. The average molecular weight is 264 g/mol. The van der Waals surface area contributed by atoms with E-state index in [-0.39, 0.29) is 11.6 Å². The molecule has 1 aromatic heterocycles. The number of nitrogens with one attached hydrogen (secondary N) is 1. The van der Waals surface area contributed by atoms with E-state index in [0.29, 0.717) is 12.6 Å². The molecule has 2 unspecified atom stereocenters. The highest BCUT2D eigenvalue weighted by molar-refractivity contribution is 5.10. The third kappa shape index (κ3) is 2.83. The second-order valence-corrected chi connectivity index (χ2v) is 6.03. The molecular weight excluding hydrogens is 240 g/mol. The lowest BCUT2D eigenvalue weighted by Crippen LogP contribution is -2.41. The normalized spacial score (nSPS) is 28.7. The number of aromatic nitrogens is 2. The number of hydrogen-bond acceptors (Lipinski definition) is 4. The molecule has 1 aliphatic heterocycles. The summed E-state index contributed by atoms with van der Waals surface area (Å²) in [6, 6.07) is 0.816. The van der Waals surface area contributed by atoms with Gasteiger partial charge in [0.1, 0.15) is 0 Å². The standard InChI is InChI=1S/C14H24N4O/c1-14(5-2-6-19-14)9-17-12(7-15)13-8-16-10-18(13)11-3-4-11/h8,10-12,17H,2-7,9,15H2,1H3. The van der Waals surface area contributed by atoms with E-state index in [4.69, 9.17) is 10.5 Å². The molecule has 3 N–H and O–H groups in total. The van der Waals surface area contributed by atoms with E-state index in [0.717, 1.165) is 26.0 Å². The van der Waals surface area contributed by atoms with Gasteiger partial charge in [-0.2, -0.15) is 0 Å². The van der Waals surface area contributed by atoms with Crippen LogP contribution in [0.4, 0.5) is 0 Å². The Morgan fingerprint density at radius 2 is 2.47 bits per heavy atom. The predicted octanol–water partition coefficient (Wildman–Crippen LogP) is 1.38. The highest BCUT2D eigenvalue weighted by Gasteiger charge is 2.32. The highest BCUT2D eigenvalue weighted by Crippen LogP contribution is 2.36. The van der Waals surface area contributed by atoms with Crippen molar-refractivity contribution in [3.63, 3.8) is 0 Å². The van der Waals surface area contributed by atoms with E-state index in [1.807, 2.05) is 12.5 Å². The molecule has 5 heteroatoms. The Kier molecular flexibility index (Phi) is 3.60. The fraction of sp³-hybridized carbons (Fsp3) is 0.786. The van der Waals surface area contributed by atoms with Gasteiger partial charge in [-0.25, -0.2) is 4.98 Å². The zero-order valence-electron chi connectivity index (χ0n) is 11.6. The zero-order chi connectivity index (χ0) is 13.3. The van der Waals surface area contributed by atoms with Crippen LogP contribution in [0.15, 0.2) is 12.5 Å². The van der Waals surface area contributed by atoms with Crippen molar-refractivity contribution in [3.8, 4) is 0 Å². The van der Waals surface area contributed by atoms with Crippen LogP contribution in [0.5, 0.6) is 0 Å². The Morgan fingerprint density at radius 3 is 3.11 bits per heavy atom. The van der Waals surface area contributed by atoms with Gasteiger partial charge < -0.3 is 20.4 Å². The number of ether oxygens (including phenoxy) is 1. The highest BCUT2D eigenvalue weighted by atomic mass is 16.5. The molecule has 5 nitrogen and oxygen atoms in total. The van der Waals surface area contributed by atoms with Gasteiger partial charge in [-0.1, -0.05) is 0 Å². The summed E-state index contributed by atoms with van der Waals surface area (Å²) in [6.45, 7) is 4.50. The van der Waals surface area contributed by atoms with Crippen LogP contribution in [0.3, 0.4) is 0 Å². The van der Waals surface area contributed by atoms with E-state index in [2.05, 4.69) is 21.8 Å². The van der Waals surface area contributed by atoms with Gasteiger partial charge >= 0.3 is 0 Å². The zero-order valence-corrected chi connectivity index (χ0v) is 11.6. The number of rotatable bonds is 6. The minimum atomic E-state index is -0.0299. The van der Waals surface area contributed by atoms with Crippen molar-refractivity contribution in [2.24, 2.45) is 5.73 Å². The molecule has 1 aliphatic carbocycles. The van der Waals surface area contributed by atoms with E-state index >= 15 is 0 Å². The molecule has 0 spiro atoms. The van der Waals surface area contributed by atoms with Crippen LogP contribution in [-0.2, 0) is 4.74 Å². The van der Waals surface area contributed by atoms with Gasteiger partial charge in [0.15, 0.2) is 0 Å². The lowest BCUT2D eigenvalue weighted by molar-refractivity contribution is 0.0187. The molecule has 1 saturated carbocycles. The van der Waals surface area contributed by atoms with Gasteiger partial charge in [-0.15, -0.1) is 0 Å². The van der Waals surface area contributed by atoms with Crippen LogP contribution in [0.1, 0.15) is 50.4 Å². The summed E-state index contributed by atoms with van der Waals surface area (Å²) >= 11 is 0. The topological polar surface area (TPSA) is 65.1 Å². The Hall–Kier alpha value is -0.910. The average Bonchev–Trinajstić information content (AvgIpc) is 2.98. The molecule has 2 heterocycles. The van der Waals surface area contributed by atoms with Gasteiger partial charge in [-0.05, 0) is 32.6 Å². The first-order valence-corrected chi connectivity index (χ1v) is 7.31. The summed E-state index contributed by atoms with van der Waals surface area (Å²) in [4.78, 5) is 4.29. The molecule has 0 aromatic carbocycles. The fourth-order valence-electron chi connectivity index (χ4n) is 2.87. The first-order valence-electron chi connectivity index (χ1n) is 7.31. The lowest BCUT2D eigenvalue weighted by Gasteiger charge is -2.27. The molecule has 1 aromatic rings. The van der Waals surface area contributed by atoms with Crippen LogP contribution in [-0.4, -0.2) is 34.8 Å². The van der Waals surface area contributed by atoms with Crippen LogP contribution < -0.4 is 11.1 Å². The second kappa shape index (κ2) is 5.23. The van der Waals surface area contributed by atoms with Gasteiger partial charge in [-0.3, -0.25) is 0 Å². The summed E-state index contributed by atoms with van der Waals surface area (Å²) < 4.78 is 8.10. The molecule has 0 amide bonds. The van der Waals surface area contributed by atoms with Crippen LogP contribution >= 0.6 is 0 Å². The van der Waals surface area contributed by atoms with Crippen LogP contribution in [0, 0.1) is 0 Å². The van der Waals surface area contributed by atoms with Gasteiger partial charge in [0.05, 0.1) is 23.7 Å². The maximum atomic E-state index is 5.94. The molecule has 3 rings (SSSR count). The Bertz CT molecular complexity index is 421. The number of nitrogens with zero attached hydrogens (tertiary/aromatic N) is 2. The number of imidazole rings is 1. The third-order valence-corrected chi connectivity index (χ3v) is 4.25. The van der Waals surface area contributed by atoms with Crippen LogP contribution in [0.25, 0.3) is 0 Å². The smallest absolute Gasteiger partial charge is 0.0951 e. The van der Waals surface area contributed by atoms with Crippen molar-refractivity contribution in [1.82, 2.24) is 14.9 Å². The third-order valence-electron chi connectivity index (χ3n) is 4.25. The van der Waals surface area contributed by atoms with E-state index < -0.39 is 0 Å². The summed E-state index contributed by atoms with van der Waals surface area (Å²) in [5.74, 6) is 0. The summed E-state index contributed by atoms with van der Waals surface area (Å²) in [5, 5.41) is 3.57. The Balaban J connectivity index is 1.65. The number of nitrogens with two attached hydrogens (primary N) is 1. The monoisotopic (exact) mass is 264 g/mol. The largest absolute Gasteiger partial charge is 0.374 e. The maximum absolute atomic E-state index is 5.94. The summed E-state index contributed by atoms with van der Waals surface area (Å²) in [6.07, 6.45) is 8.69. The van der Waals surface area contributed by atoms with E-state index in [9.17, 15) is 0 Å². The van der Waals surface area contributed by atoms with Gasteiger partial charge in [0.2, 0.25) is 0 Å². The van der Waals surface area contributed by atoms with Crippen molar-refractivity contribution in [2.75, 3.05) is 19.7 Å². The van der Waals surface area contributed by atoms with Gasteiger partial charge in [0.25, 0.3) is 0 Å². The minimum absolute atomic E-state index is 0.0299. The number of hydrogen-bond donors (Lipinski definition) is 2. The maximum Gasteiger partial charge on any atom is 0.0951 e. The Morgan fingerprint density at radius 1 is 1.63 bits per heavy atom.